The Balaban J connectivity index is 2.87. The number of ether oxygens (including phenoxy) is 1. The second-order valence-electron chi connectivity index (χ2n) is 5.02. The van der Waals surface area contributed by atoms with Crippen LogP contribution in [0.4, 0.5) is 8.78 Å². The fourth-order valence-corrected chi connectivity index (χ4v) is 6.15. The number of rotatable bonds is 7. The second-order valence-corrected chi connectivity index (χ2v) is 10.3. The summed E-state index contributed by atoms with van der Waals surface area (Å²) in [6, 6.07) is 10.6. The van der Waals surface area contributed by atoms with Crippen molar-refractivity contribution in [2.45, 2.75) is 38.9 Å². The molecule has 0 bridgehead atoms. The van der Waals surface area contributed by atoms with Gasteiger partial charge in [-0.3, -0.25) is 0 Å². The minimum Gasteiger partial charge on any atom is -0.458 e. The summed E-state index contributed by atoms with van der Waals surface area (Å²) in [6.45, 7) is 5.54. The van der Waals surface area contributed by atoms with Crippen LogP contribution in [-0.2, 0) is 4.74 Å². The van der Waals surface area contributed by atoms with Crippen LogP contribution in [0.1, 0.15) is 31.1 Å². The predicted molar refractivity (Wildman–Crippen MR) is 83.2 cm³/mol. The average Bonchev–Trinajstić information content (AvgIpc) is 2.52. The average molecular weight is 312 g/mol. The maximum absolute atomic E-state index is 13.3. The number of carbonyl (C=O) groups is 1. The minimum absolute atomic E-state index is 0.0827. The maximum atomic E-state index is 13.3. The summed E-state index contributed by atoms with van der Waals surface area (Å²) in [6.07, 6.45) is -1.67. The van der Waals surface area contributed by atoms with Gasteiger partial charge in [-0.25, -0.2) is 4.79 Å². The third-order valence-corrected chi connectivity index (χ3v) is 9.93. The molecule has 1 aromatic rings. The third-order valence-electron chi connectivity index (χ3n) is 4.26. The molecule has 0 saturated heterocycles. The highest BCUT2D eigenvalue weighted by Crippen LogP contribution is 2.32. The molecule has 21 heavy (non-hydrogen) atoms. The normalized spacial score (nSPS) is 11.1. The third kappa shape index (κ3) is 4.23. The number of hydrogen-bond donors (Lipinski definition) is 0. The molecule has 0 N–H and O–H groups in total. The molecule has 0 atom stereocenters. The van der Waals surface area contributed by atoms with E-state index in [9.17, 15) is 13.6 Å². The molecule has 1 aromatic carbocycles. The van der Waals surface area contributed by atoms with Crippen LogP contribution in [0.2, 0.25) is 18.1 Å². The zero-order valence-corrected chi connectivity index (χ0v) is 13.8. The highest BCUT2D eigenvalue weighted by molar-refractivity contribution is 6.86. The highest BCUT2D eigenvalue weighted by Gasteiger charge is 2.35. The summed E-state index contributed by atoms with van der Waals surface area (Å²) in [4.78, 5) is 11.9. The van der Waals surface area contributed by atoms with E-state index in [1.807, 2.05) is 20.8 Å². The van der Waals surface area contributed by atoms with E-state index in [0.717, 1.165) is 18.1 Å². The van der Waals surface area contributed by atoms with E-state index >= 15 is 0 Å². The molecule has 2 nitrogen and oxygen atoms in total. The van der Waals surface area contributed by atoms with Crippen molar-refractivity contribution >= 4 is 14.0 Å². The molecule has 0 heterocycles. The quantitative estimate of drug-likeness (QED) is 0.520. The van der Waals surface area contributed by atoms with Crippen LogP contribution in [0.5, 0.6) is 0 Å². The topological polar surface area (TPSA) is 26.3 Å². The highest BCUT2D eigenvalue weighted by atomic mass is 28.3. The number of benzene rings is 1. The predicted octanol–water partition coefficient (Wildman–Crippen LogP) is 5.04. The number of esters is 1. The van der Waals surface area contributed by atoms with E-state index in [2.05, 4.69) is 0 Å². The number of halogens is 2. The van der Waals surface area contributed by atoms with Gasteiger partial charge in [0.05, 0.1) is 13.6 Å². The fourth-order valence-electron chi connectivity index (χ4n) is 2.59. The van der Waals surface area contributed by atoms with Gasteiger partial charge in [-0.15, -0.1) is 0 Å². The van der Waals surface area contributed by atoms with Crippen molar-refractivity contribution in [2.24, 2.45) is 0 Å². The van der Waals surface area contributed by atoms with Gasteiger partial charge in [0, 0.05) is 5.20 Å². The van der Waals surface area contributed by atoms with Gasteiger partial charge in [0.2, 0.25) is 0 Å². The van der Waals surface area contributed by atoms with E-state index in [4.69, 9.17) is 4.74 Å². The van der Waals surface area contributed by atoms with Crippen molar-refractivity contribution in [3.05, 3.63) is 47.2 Å². The SMILES string of the molecule is CC[Si](CC)(CC)C(COC(=O)c1ccccc1)=C(F)F. The fraction of sp³-hybridized carbons (Fsp3) is 0.438. The lowest BCUT2D eigenvalue weighted by Gasteiger charge is -2.30. The van der Waals surface area contributed by atoms with Gasteiger partial charge in [0.1, 0.15) is 6.61 Å². The zero-order valence-electron chi connectivity index (χ0n) is 12.8. The number of carbonyl (C=O) groups excluding carboxylic acids is 1. The first kappa shape index (κ1) is 17.6. The molecule has 0 spiro atoms. The van der Waals surface area contributed by atoms with Crippen LogP contribution in [0.15, 0.2) is 41.6 Å². The Morgan fingerprint density at radius 1 is 1.05 bits per heavy atom. The molecule has 0 radical (unpaired) electrons. The molecule has 0 fully saturated rings. The van der Waals surface area contributed by atoms with Gasteiger partial charge in [0.15, 0.2) is 0 Å². The van der Waals surface area contributed by atoms with Crippen LogP contribution in [0.3, 0.4) is 0 Å². The molecular weight excluding hydrogens is 290 g/mol. The Kier molecular flexibility index (Phi) is 6.75. The Morgan fingerprint density at radius 3 is 2.00 bits per heavy atom. The van der Waals surface area contributed by atoms with Crippen LogP contribution < -0.4 is 0 Å². The molecule has 0 aliphatic carbocycles. The first-order valence-corrected chi connectivity index (χ1v) is 9.89. The van der Waals surface area contributed by atoms with Gasteiger partial charge in [0.25, 0.3) is 6.08 Å². The Labute approximate surface area is 125 Å². The van der Waals surface area contributed by atoms with E-state index in [-0.39, 0.29) is 11.8 Å². The van der Waals surface area contributed by atoms with E-state index < -0.39 is 20.1 Å². The van der Waals surface area contributed by atoms with E-state index in [1.54, 1.807) is 30.3 Å². The van der Waals surface area contributed by atoms with Gasteiger partial charge in [-0.2, -0.15) is 8.78 Å². The summed E-state index contributed by atoms with van der Waals surface area (Å²) in [5.74, 6) is -0.555. The Morgan fingerprint density at radius 2 is 1.57 bits per heavy atom. The molecule has 1 rings (SSSR count). The van der Waals surface area contributed by atoms with Crippen LogP contribution in [0, 0.1) is 0 Å². The van der Waals surface area contributed by atoms with Crippen molar-refractivity contribution in [3.8, 4) is 0 Å². The van der Waals surface area contributed by atoms with Crippen molar-refractivity contribution < 1.29 is 18.3 Å². The van der Waals surface area contributed by atoms with Crippen LogP contribution in [-0.4, -0.2) is 20.7 Å². The molecule has 0 saturated carbocycles. The van der Waals surface area contributed by atoms with Gasteiger partial charge in [-0.1, -0.05) is 57.1 Å². The van der Waals surface area contributed by atoms with Crippen molar-refractivity contribution in [1.29, 1.82) is 0 Å². The summed E-state index contributed by atoms with van der Waals surface area (Å²) >= 11 is 0. The Bertz CT molecular complexity index is 484. The summed E-state index contributed by atoms with van der Waals surface area (Å²) in [5.41, 5.74) is 0.382. The largest absolute Gasteiger partial charge is 0.458 e. The summed E-state index contributed by atoms with van der Waals surface area (Å²) < 4.78 is 31.8. The number of hydrogen-bond acceptors (Lipinski definition) is 2. The smallest absolute Gasteiger partial charge is 0.338 e. The second kappa shape index (κ2) is 8.07. The van der Waals surface area contributed by atoms with Crippen molar-refractivity contribution in [2.75, 3.05) is 6.61 Å². The lowest BCUT2D eigenvalue weighted by molar-refractivity contribution is 0.0541. The first-order valence-electron chi connectivity index (χ1n) is 7.27. The van der Waals surface area contributed by atoms with Gasteiger partial charge < -0.3 is 4.74 Å². The Hall–Kier alpha value is -1.49. The molecule has 0 aromatic heterocycles. The molecule has 0 unspecified atom stereocenters. The van der Waals surface area contributed by atoms with Crippen molar-refractivity contribution in [3.63, 3.8) is 0 Å². The van der Waals surface area contributed by atoms with Crippen molar-refractivity contribution in [1.82, 2.24) is 0 Å². The van der Waals surface area contributed by atoms with Gasteiger partial charge >= 0.3 is 5.97 Å². The van der Waals surface area contributed by atoms with Gasteiger partial charge in [-0.05, 0) is 12.1 Å². The minimum atomic E-state index is -2.23. The van der Waals surface area contributed by atoms with Crippen LogP contribution in [0.25, 0.3) is 0 Å². The van der Waals surface area contributed by atoms with E-state index in [0.29, 0.717) is 5.56 Å². The molecule has 0 aliphatic rings. The molecule has 0 aliphatic heterocycles. The summed E-state index contributed by atoms with van der Waals surface area (Å²) in [7, 11) is -2.23. The standard InChI is InChI=1S/C16H22F2O2Si/c1-4-21(5-2,6-3)14(15(17)18)12-20-16(19)13-10-8-7-9-11-13/h7-11H,4-6,12H2,1-3H3. The summed E-state index contributed by atoms with van der Waals surface area (Å²) in [5, 5.41) is 0.0827. The van der Waals surface area contributed by atoms with E-state index in [1.165, 1.54) is 0 Å². The zero-order chi connectivity index (χ0) is 15.9. The monoisotopic (exact) mass is 312 g/mol. The lowest BCUT2D eigenvalue weighted by Crippen LogP contribution is -2.37. The molecule has 0 amide bonds. The van der Waals surface area contributed by atoms with Crippen LogP contribution >= 0.6 is 0 Å². The molecule has 5 heteroatoms. The molecular formula is C16H22F2O2Si. The molecule has 116 valence electrons. The lowest BCUT2D eigenvalue weighted by atomic mass is 10.2. The maximum Gasteiger partial charge on any atom is 0.338 e. The first-order chi connectivity index (χ1) is 10.0.